The van der Waals surface area contributed by atoms with Crippen LogP contribution in [0.2, 0.25) is 0 Å². The summed E-state index contributed by atoms with van der Waals surface area (Å²) >= 11 is 0. The van der Waals surface area contributed by atoms with E-state index in [0.29, 0.717) is 5.56 Å². The molecular weight excluding hydrogens is 535 g/mol. The molecule has 0 amide bonds. The van der Waals surface area contributed by atoms with E-state index in [4.69, 9.17) is 0 Å². The number of fused-ring (bicyclic) bond motifs is 1. The third-order valence-electron chi connectivity index (χ3n) is 8.46. The van der Waals surface area contributed by atoms with E-state index in [0.717, 1.165) is 41.3 Å². The number of rotatable bonds is 7. The number of halogens is 1. The third-order valence-corrected chi connectivity index (χ3v) is 8.46. The zero-order chi connectivity index (χ0) is 30.5. The van der Waals surface area contributed by atoms with Gasteiger partial charge in [0.05, 0.1) is 0 Å². The predicted molar refractivity (Wildman–Crippen MR) is 185 cm³/mol. The van der Waals surface area contributed by atoms with E-state index in [1.807, 2.05) is 19.1 Å². The Morgan fingerprint density at radius 3 is 1.57 bits per heavy atom. The van der Waals surface area contributed by atoms with Gasteiger partial charge in [-0.3, -0.25) is 0 Å². The molecule has 0 aromatic heterocycles. The second kappa shape index (κ2) is 13.2. The van der Waals surface area contributed by atoms with Crippen LogP contribution in [0.4, 0.5) is 4.39 Å². The van der Waals surface area contributed by atoms with Crippen LogP contribution in [-0.2, 0) is 19.3 Å². The minimum absolute atomic E-state index is 0.214. The first kappa shape index (κ1) is 29.2. The first-order chi connectivity index (χ1) is 21.4. The fraction of sp³-hybridized carbons (Fsp3) is 0.163. The summed E-state index contributed by atoms with van der Waals surface area (Å²) in [6.45, 7) is 5.97. The maximum absolute atomic E-state index is 14.0. The van der Waals surface area contributed by atoms with Crippen LogP contribution in [-0.4, -0.2) is 0 Å². The van der Waals surface area contributed by atoms with Gasteiger partial charge in [0.1, 0.15) is 5.82 Å². The highest BCUT2D eigenvalue weighted by molar-refractivity contribution is 5.88. The molecule has 6 aromatic carbocycles. The van der Waals surface area contributed by atoms with Crippen LogP contribution in [0.5, 0.6) is 0 Å². The molecule has 1 heteroatoms. The largest absolute Gasteiger partial charge is 0.207 e. The van der Waals surface area contributed by atoms with Gasteiger partial charge in [-0.15, -0.1) is 0 Å². The fourth-order valence-corrected chi connectivity index (χ4v) is 5.77. The van der Waals surface area contributed by atoms with Crippen LogP contribution in [0.3, 0.4) is 0 Å². The van der Waals surface area contributed by atoms with E-state index in [9.17, 15) is 4.39 Å². The first-order valence-electron chi connectivity index (χ1n) is 15.6. The monoisotopic (exact) mass is 572 g/mol. The van der Waals surface area contributed by atoms with Gasteiger partial charge < -0.3 is 0 Å². The maximum Gasteiger partial charge on any atom is 0.127 e. The van der Waals surface area contributed by atoms with Crippen LogP contribution >= 0.6 is 0 Å². The summed E-state index contributed by atoms with van der Waals surface area (Å²) < 4.78 is 14.0. The Morgan fingerprint density at radius 2 is 0.977 bits per heavy atom. The van der Waals surface area contributed by atoms with E-state index in [-0.39, 0.29) is 5.82 Å². The van der Waals surface area contributed by atoms with E-state index in [1.165, 1.54) is 56.8 Å². The molecule has 0 N–H and O–H groups in total. The first-order valence-corrected chi connectivity index (χ1v) is 15.6. The Hall–Kier alpha value is -4.93. The second-order valence-corrected chi connectivity index (χ2v) is 11.8. The normalized spacial score (nSPS) is 10.9. The highest BCUT2D eigenvalue weighted by atomic mass is 19.1. The summed E-state index contributed by atoms with van der Waals surface area (Å²) in [6.07, 6.45) is 4.36. The van der Waals surface area contributed by atoms with Gasteiger partial charge in [0.15, 0.2) is 0 Å². The van der Waals surface area contributed by atoms with Crippen molar-refractivity contribution < 1.29 is 4.39 Å². The molecule has 0 aliphatic heterocycles. The van der Waals surface area contributed by atoms with Gasteiger partial charge in [-0.2, -0.15) is 0 Å². The van der Waals surface area contributed by atoms with Gasteiger partial charge >= 0.3 is 0 Å². The Kier molecular flexibility index (Phi) is 8.71. The summed E-state index contributed by atoms with van der Waals surface area (Å²) in [4.78, 5) is 0. The molecule has 0 spiro atoms. The van der Waals surface area contributed by atoms with Gasteiger partial charge in [0, 0.05) is 11.1 Å². The third kappa shape index (κ3) is 6.82. The van der Waals surface area contributed by atoms with Crippen molar-refractivity contribution in [2.24, 2.45) is 0 Å². The van der Waals surface area contributed by atoms with Gasteiger partial charge in [-0.05, 0) is 118 Å². The Balaban J connectivity index is 1.09. The van der Waals surface area contributed by atoms with Gasteiger partial charge in [-0.25, -0.2) is 4.39 Å². The number of hydrogen-bond acceptors (Lipinski definition) is 0. The van der Waals surface area contributed by atoms with Crippen molar-refractivity contribution in [1.82, 2.24) is 0 Å². The molecule has 0 bridgehead atoms. The van der Waals surface area contributed by atoms with Gasteiger partial charge in [0.2, 0.25) is 0 Å². The van der Waals surface area contributed by atoms with E-state index >= 15 is 0 Å². The molecule has 0 nitrogen and oxygen atoms in total. The average molecular weight is 573 g/mol. The Morgan fingerprint density at radius 1 is 0.477 bits per heavy atom. The summed E-state index contributed by atoms with van der Waals surface area (Å²) in [7, 11) is 0. The van der Waals surface area contributed by atoms with Crippen LogP contribution < -0.4 is 0 Å². The SMILES string of the molecule is CCCc1ccc(-c2ccc(CCc3ccc(-c4ccc5cc(C#Cc6cc(F)c(C)cc6C)ccc5c4)cc3)cc2)cc1. The number of benzene rings is 6. The second-order valence-electron chi connectivity index (χ2n) is 11.8. The fourth-order valence-electron chi connectivity index (χ4n) is 5.77. The highest BCUT2D eigenvalue weighted by Gasteiger charge is 2.05. The summed E-state index contributed by atoms with van der Waals surface area (Å²) in [5.41, 5.74) is 12.4. The van der Waals surface area contributed by atoms with Crippen molar-refractivity contribution in [3.8, 4) is 34.1 Å². The predicted octanol–water partition coefficient (Wildman–Crippen LogP) is 11.1. The van der Waals surface area contributed by atoms with Crippen molar-refractivity contribution in [3.63, 3.8) is 0 Å². The number of hydrogen-bond donors (Lipinski definition) is 0. The molecule has 216 valence electrons. The molecular formula is C43H37F. The molecule has 0 atom stereocenters. The van der Waals surface area contributed by atoms with Gasteiger partial charge in [-0.1, -0.05) is 122 Å². The minimum Gasteiger partial charge on any atom is -0.207 e. The molecule has 0 heterocycles. The molecule has 0 aliphatic carbocycles. The van der Waals surface area contributed by atoms with E-state index in [1.54, 1.807) is 6.92 Å². The van der Waals surface area contributed by atoms with E-state index in [2.05, 4.69) is 122 Å². The highest BCUT2D eigenvalue weighted by Crippen LogP contribution is 2.27. The minimum atomic E-state index is -0.214. The summed E-state index contributed by atoms with van der Waals surface area (Å²) in [5, 5.41) is 2.32. The quantitative estimate of drug-likeness (QED) is 0.167. The van der Waals surface area contributed by atoms with Crippen molar-refractivity contribution >= 4 is 10.8 Å². The molecule has 0 unspecified atom stereocenters. The Bertz CT molecular complexity index is 1970. The Labute approximate surface area is 261 Å². The van der Waals surface area contributed by atoms with E-state index < -0.39 is 0 Å². The van der Waals surface area contributed by atoms with Gasteiger partial charge in [0.25, 0.3) is 0 Å². The van der Waals surface area contributed by atoms with Crippen LogP contribution in [0, 0.1) is 31.5 Å². The average Bonchev–Trinajstić information content (AvgIpc) is 3.05. The zero-order valence-corrected chi connectivity index (χ0v) is 25.8. The standard InChI is InChI=1S/C43H37F/c1-4-5-32-8-16-36(17-9-32)37-18-10-33(11-19-37)6-7-34-12-20-38(21-13-34)41-25-24-40-27-35(15-23-42(40)28-41)14-22-39-29-43(44)31(3)26-30(39)2/h8-13,15-21,23-29H,4-7H2,1-3H3. The lowest BCUT2D eigenvalue weighted by atomic mass is 9.97. The molecule has 6 rings (SSSR count). The zero-order valence-electron chi connectivity index (χ0n) is 25.8. The van der Waals surface area contributed by atoms with Crippen molar-refractivity contribution in [2.75, 3.05) is 0 Å². The van der Waals surface area contributed by atoms with Crippen molar-refractivity contribution in [2.45, 2.75) is 46.5 Å². The molecule has 6 aromatic rings. The molecule has 0 fully saturated rings. The lowest BCUT2D eigenvalue weighted by Gasteiger charge is -2.08. The lowest BCUT2D eigenvalue weighted by molar-refractivity contribution is 0.617. The summed E-state index contributed by atoms with van der Waals surface area (Å²) in [5.74, 6) is 6.15. The molecule has 0 radical (unpaired) electrons. The van der Waals surface area contributed by atoms with Crippen LogP contribution in [0.1, 0.15) is 52.3 Å². The summed E-state index contributed by atoms with van der Waals surface area (Å²) in [6, 6.07) is 43.1. The van der Waals surface area contributed by atoms with Crippen LogP contribution in [0.25, 0.3) is 33.0 Å². The topological polar surface area (TPSA) is 0 Å². The smallest absolute Gasteiger partial charge is 0.127 e. The number of aryl methyl sites for hydroxylation is 5. The van der Waals surface area contributed by atoms with Crippen molar-refractivity contribution in [3.05, 3.63) is 166 Å². The van der Waals surface area contributed by atoms with Crippen LogP contribution in [0.15, 0.2) is 121 Å². The van der Waals surface area contributed by atoms with Crippen molar-refractivity contribution in [1.29, 1.82) is 0 Å². The lowest BCUT2D eigenvalue weighted by Crippen LogP contribution is -1.92. The molecule has 0 aliphatic rings. The molecule has 0 saturated carbocycles. The molecule has 44 heavy (non-hydrogen) atoms. The maximum atomic E-state index is 14.0. The molecule has 0 saturated heterocycles.